The molecule has 4 rings (SSSR count). The predicted octanol–water partition coefficient (Wildman–Crippen LogP) is 4.31. The molecule has 1 aromatic heterocycles. The summed E-state index contributed by atoms with van der Waals surface area (Å²) in [6, 6.07) is 8.29. The van der Waals surface area contributed by atoms with Gasteiger partial charge in [-0.2, -0.15) is 0 Å². The monoisotopic (exact) mass is 464 g/mol. The van der Waals surface area contributed by atoms with Crippen LogP contribution in [0, 0.1) is 5.82 Å². The van der Waals surface area contributed by atoms with E-state index in [4.69, 9.17) is 21.1 Å². The van der Waals surface area contributed by atoms with E-state index in [-0.39, 0.29) is 16.8 Å². The molecule has 10 heteroatoms. The normalized spacial score (nSPS) is 16.3. The second kappa shape index (κ2) is 9.33. The Hall–Kier alpha value is -2.49. The lowest BCUT2D eigenvalue weighted by Crippen LogP contribution is -2.38. The van der Waals surface area contributed by atoms with E-state index >= 15 is 0 Å². The second-order valence-corrected chi connectivity index (χ2v) is 8.91. The molecule has 1 fully saturated rings. The van der Waals surface area contributed by atoms with Crippen LogP contribution >= 0.6 is 11.6 Å². The van der Waals surface area contributed by atoms with E-state index in [1.807, 2.05) is 4.31 Å². The first-order chi connectivity index (χ1) is 15.0. The highest BCUT2D eigenvalue weighted by atomic mass is 35.5. The number of halogens is 2. The maximum atomic E-state index is 14.4. The number of benzene rings is 2. The number of fused-ring (bicyclic) bond motifs is 1. The maximum Gasteiger partial charge on any atom is 0.165 e. The van der Waals surface area contributed by atoms with Crippen LogP contribution in [0.15, 0.2) is 36.7 Å². The highest BCUT2D eigenvalue weighted by molar-refractivity contribution is 7.81. The van der Waals surface area contributed by atoms with Crippen LogP contribution in [0.5, 0.6) is 11.5 Å². The minimum atomic E-state index is -0.976. The molecule has 7 nitrogen and oxygen atoms in total. The topological polar surface area (TPSA) is 76.6 Å². The van der Waals surface area contributed by atoms with Gasteiger partial charge in [0, 0.05) is 30.8 Å². The zero-order valence-electron chi connectivity index (χ0n) is 17.1. The zero-order chi connectivity index (χ0) is 22.0. The number of aromatic nitrogens is 2. The Labute approximate surface area is 187 Å². The molecule has 1 atom stereocenters. The predicted molar refractivity (Wildman–Crippen MR) is 120 cm³/mol. The Balaban J connectivity index is 1.64. The van der Waals surface area contributed by atoms with Crippen molar-refractivity contribution in [3.8, 4) is 11.5 Å². The average Bonchev–Trinajstić information content (AvgIpc) is 2.77. The van der Waals surface area contributed by atoms with Crippen LogP contribution < -0.4 is 14.8 Å². The van der Waals surface area contributed by atoms with Gasteiger partial charge in [-0.1, -0.05) is 17.7 Å². The highest BCUT2D eigenvalue weighted by Gasteiger charge is 2.24. The average molecular weight is 465 g/mol. The van der Waals surface area contributed by atoms with Gasteiger partial charge in [-0.05, 0) is 31.0 Å². The van der Waals surface area contributed by atoms with E-state index in [0.717, 1.165) is 12.8 Å². The molecule has 0 radical (unpaired) electrons. The fraction of sp³-hybridized carbons (Fsp3) is 0.333. The van der Waals surface area contributed by atoms with Crippen molar-refractivity contribution in [1.29, 1.82) is 0 Å². The lowest BCUT2D eigenvalue weighted by atomic mass is 10.1. The summed E-state index contributed by atoms with van der Waals surface area (Å²) in [5, 5.41) is 3.67. The van der Waals surface area contributed by atoms with Crippen molar-refractivity contribution in [2.45, 2.75) is 18.9 Å². The van der Waals surface area contributed by atoms with E-state index < -0.39 is 16.8 Å². The first kappa shape index (κ1) is 21.7. The molecular weight excluding hydrogens is 443 g/mol. The maximum absolute atomic E-state index is 14.4. The van der Waals surface area contributed by atoms with Crippen LogP contribution in [0.1, 0.15) is 12.8 Å². The first-order valence-corrected chi connectivity index (χ1v) is 11.6. The summed E-state index contributed by atoms with van der Waals surface area (Å²) in [6.45, 7) is 1.40. The summed E-state index contributed by atoms with van der Waals surface area (Å²) in [6.07, 6.45) is 4.56. The molecule has 1 aliphatic rings. The van der Waals surface area contributed by atoms with Crippen molar-refractivity contribution in [2.24, 2.45) is 0 Å². The van der Waals surface area contributed by atoms with Gasteiger partial charge in [0.05, 0.1) is 34.3 Å². The molecule has 1 N–H and O–H groups in total. The summed E-state index contributed by atoms with van der Waals surface area (Å²) in [4.78, 5) is 8.58. The Bertz CT molecular complexity index is 1130. The number of piperidine rings is 1. The summed E-state index contributed by atoms with van der Waals surface area (Å²) < 4.78 is 39.7. The largest absolute Gasteiger partial charge is 0.493 e. The lowest BCUT2D eigenvalue weighted by molar-refractivity contribution is 0.133. The SMILES string of the molecule is COc1cc2ncnc(Nc3cccc(Cl)c3F)c2cc1OC1CCN(S(C)=O)CC1. The molecule has 0 spiro atoms. The van der Waals surface area contributed by atoms with Crippen molar-refractivity contribution in [1.82, 2.24) is 14.3 Å². The van der Waals surface area contributed by atoms with Crippen LogP contribution in [0.4, 0.5) is 15.9 Å². The van der Waals surface area contributed by atoms with E-state index in [2.05, 4.69) is 15.3 Å². The molecule has 1 unspecified atom stereocenters. The first-order valence-electron chi connectivity index (χ1n) is 9.75. The van der Waals surface area contributed by atoms with Gasteiger partial charge >= 0.3 is 0 Å². The van der Waals surface area contributed by atoms with Gasteiger partial charge in [-0.15, -0.1) is 0 Å². The number of hydrogen-bond acceptors (Lipinski definition) is 6. The van der Waals surface area contributed by atoms with Gasteiger partial charge in [0.15, 0.2) is 17.3 Å². The number of rotatable bonds is 6. The van der Waals surface area contributed by atoms with Gasteiger partial charge in [-0.25, -0.2) is 22.9 Å². The standard InChI is InChI=1S/C21H22ClFN4O3S/c1-29-18-11-17-14(10-19(18)30-13-6-8-27(9-7-13)31(2)28)21(25-12-24-17)26-16-5-3-4-15(22)20(16)23/h3-5,10-13H,6-9H2,1-2H3,(H,24,25,26). The number of ether oxygens (including phenoxy) is 2. The quantitative estimate of drug-likeness (QED) is 0.585. The lowest BCUT2D eigenvalue weighted by Gasteiger charge is -2.30. The summed E-state index contributed by atoms with van der Waals surface area (Å²) in [5.74, 6) is 0.971. The second-order valence-electron chi connectivity index (χ2n) is 7.14. The van der Waals surface area contributed by atoms with Crippen molar-refractivity contribution >= 4 is 45.0 Å². The number of nitrogens with zero attached hydrogens (tertiary/aromatic N) is 3. The van der Waals surface area contributed by atoms with Crippen LogP contribution in [-0.4, -0.2) is 51.0 Å². The Morgan fingerprint density at radius 1 is 1.23 bits per heavy atom. The summed E-state index contributed by atoms with van der Waals surface area (Å²) in [7, 11) is 0.592. The molecule has 0 amide bonds. The van der Waals surface area contributed by atoms with Crippen molar-refractivity contribution in [3.05, 3.63) is 47.5 Å². The molecule has 0 bridgehead atoms. The fourth-order valence-corrected chi connectivity index (χ4v) is 4.43. The van der Waals surface area contributed by atoms with Gasteiger partial charge in [0.25, 0.3) is 0 Å². The van der Waals surface area contributed by atoms with Crippen LogP contribution in [0.2, 0.25) is 5.02 Å². The van der Waals surface area contributed by atoms with Gasteiger partial charge in [-0.3, -0.25) is 0 Å². The number of methoxy groups -OCH3 is 1. The zero-order valence-corrected chi connectivity index (χ0v) is 18.7. The molecule has 164 valence electrons. The van der Waals surface area contributed by atoms with Crippen molar-refractivity contribution in [3.63, 3.8) is 0 Å². The molecule has 1 aliphatic heterocycles. The fourth-order valence-electron chi connectivity index (χ4n) is 3.53. The van der Waals surface area contributed by atoms with Gasteiger partial charge in [0.1, 0.15) is 18.2 Å². The third kappa shape index (κ3) is 4.73. The molecule has 2 aromatic carbocycles. The molecule has 31 heavy (non-hydrogen) atoms. The molecule has 0 aliphatic carbocycles. The number of nitrogens with one attached hydrogen (secondary N) is 1. The summed E-state index contributed by atoms with van der Waals surface area (Å²) >= 11 is 5.89. The van der Waals surface area contributed by atoms with Crippen LogP contribution in [0.25, 0.3) is 10.9 Å². The third-order valence-electron chi connectivity index (χ3n) is 5.18. The molecule has 1 saturated heterocycles. The van der Waals surface area contributed by atoms with E-state index in [1.54, 1.807) is 37.6 Å². The molecule has 3 aromatic rings. The minimum absolute atomic E-state index is 0.0217. The minimum Gasteiger partial charge on any atom is -0.493 e. The van der Waals surface area contributed by atoms with Crippen LogP contribution in [-0.2, 0) is 11.0 Å². The number of hydrogen-bond donors (Lipinski definition) is 1. The van der Waals surface area contributed by atoms with Gasteiger partial charge < -0.3 is 14.8 Å². The Morgan fingerprint density at radius 3 is 2.71 bits per heavy atom. The molecule has 2 heterocycles. The Morgan fingerprint density at radius 2 is 2.00 bits per heavy atom. The smallest absolute Gasteiger partial charge is 0.165 e. The number of anilines is 2. The van der Waals surface area contributed by atoms with Gasteiger partial charge in [0.2, 0.25) is 0 Å². The van der Waals surface area contributed by atoms with Crippen LogP contribution in [0.3, 0.4) is 0 Å². The molecule has 0 saturated carbocycles. The van der Waals surface area contributed by atoms with E-state index in [1.165, 1.54) is 12.4 Å². The summed E-state index contributed by atoms with van der Waals surface area (Å²) in [5.41, 5.74) is 0.839. The van der Waals surface area contributed by atoms with Crippen molar-refractivity contribution in [2.75, 3.05) is 31.8 Å². The Kier molecular flexibility index (Phi) is 6.54. The highest BCUT2D eigenvalue weighted by Crippen LogP contribution is 2.36. The van der Waals surface area contributed by atoms with Crippen molar-refractivity contribution < 1.29 is 18.1 Å². The van der Waals surface area contributed by atoms with E-state index in [9.17, 15) is 8.60 Å². The molecular formula is C21H22ClFN4O3S. The van der Waals surface area contributed by atoms with E-state index in [0.29, 0.717) is 41.3 Å². The third-order valence-corrected chi connectivity index (χ3v) is 6.57.